The first-order valence-corrected chi connectivity index (χ1v) is 8.44. The molecule has 2 amide bonds. The van der Waals surface area contributed by atoms with E-state index in [1.54, 1.807) is 41.6 Å². The minimum atomic E-state index is -0.170. The van der Waals surface area contributed by atoms with Gasteiger partial charge in [0.2, 0.25) is 0 Å². The summed E-state index contributed by atoms with van der Waals surface area (Å²) < 4.78 is 0. The molecular weight excluding hydrogens is 361 g/mol. The van der Waals surface area contributed by atoms with Crippen LogP contribution in [-0.2, 0) is 0 Å². The maximum absolute atomic E-state index is 12.4. The van der Waals surface area contributed by atoms with Gasteiger partial charge < -0.3 is 15.1 Å². The van der Waals surface area contributed by atoms with Gasteiger partial charge in [-0.25, -0.2) is 4.79 Å². The molecule has 0 unspecified atom stereocenters. The lowest BCUT2D eigenvalue weighted by molar-refractivity contribution is 0.208. The predicted molar refractivity (Wildman–Crippen MR) is 98.2 cm³/mol. The molecule has 1 saturated heterocycles. The number of carbonyl (C=O) groups excluding carboxylic acids is 1. The Labute approximate surface area is 155 Å². The Morgan fingerprint density at radius 2 is 1.68 bits per heavy atom. The van der Waals surface area contributed by atoms with Crippen LogP contribution in [0.15, 0.2) is 36.7 Å². The number of anilines is 2. The summed E-state index contributed by atoms with van der Waals surface area (Å²) in [5, 5.41) is 12.6. The Balaban J connectivity index is 1.60. The Morgan fingerprint density at radius 1 is 1.08 bits per heavy atom. The number of benzene rings is 1. The molecule has 25 heavy (non-hydrogen) atoms. The molecule has 2 aromatic rings. The van der Waals surface area contributed by atoms with Crippen LogP contribution in [0.3, 0.4) is 0 Å². The van der Waals surface area contributed by atoms with E-state index < -0.39 is 0 Å². The van der Waals surface area contributed by atoms with Gasteiger partial charge in [0.15, 0.2) is 0 Å². The van der Waals surface area contributed by atoms with Crippen LogP contribution in [0.2, 0.25) is 10.0 Å². The molecule has 0 atom stereocenters. The van der Waals surface area contributed by atoms with Crippen molar-refractivity contribution in [3.05, 3.63) is 52.3 Å². The minimum Gasteiger partial charge on any atom is -0.365 e. The molecule has 0 radical (unpaired) electrons. The third-order valence-electron chi connectivity index (χ3n) is 3.98. The smallest absolute Gasteiger partial charge is 0.321 e. The number of rotatable bonds is 2. The molecule has 8 heteroatoms. The summed E-state index contributed by atoms with van der Waals surface area (Å²) in [4.78, 5) is 20.1. The van der Waals surface area contributed by atoms with Gasteiger partial charge in [0.25, 0.3) is 0 Å². The number of hydrogen-bond acceptors (Lipinski definition) is 4. The predicted octanol–water partition coefficient (Wildman–Crippen LogP) is 3.61. The van der Waals surface area contributed by atoms with Crippen molar-refractivity contribution < 1.29 is 4.79 Å². The number of nitrogens with zero attached hydrogens (tertiary/aromatic N) is 4. The summed E-state index contributed by atoms with van der Waals surface area (Å²) in [6.45, 7) is 2.36. The fourth-order valence-corrected chi connectivity index (χ4v) is 3.27. The average molecular weight is 376 g/mol. The lowest BCUT2D eigenvalue weighted by Crippen LogP contribution is -2.50. The number of pyridine rings is 1. The Hall–Kier alpha value is -2.49. The van der Waals surface area contributed by atoms with Crippen LogP contribution < -0.4 is 10.2 Å². The van der Waals surface area contributed by atoms with Crippen molar-refractivity contribution in [1.29, 1.82) is 5.26 Å². The van der Waals surface area contributed by atoms with E-state index in [1.165, 1.54) is 0 Å². The first kappa shape index (κ1) is 17.3. The number of piperazine rings is 1. The minimum absolute atomic E-state index is 0.170. The summed E-state index contributed by atoms with van der Waals surface area (Å²) >= 11 is 12.4. The summed E-state index contributed by atoms with van der Waals surface area (Å²) in [5.41, 5.74) is 1.97. The second-order valence-corrected chi connectivity index (χ2v) is 6.36. The van der Waals surface area contributed by atoms with E-state index >= 15 is 0 Å². The zero-order valence-electron chi connectivity index (χ0n) is 13.2. The van der Waals surface area contributed by atoms with Gasteiger partial charge in [0.1, 0.15) is 0 Å². The van der Waals surface area contributed by atoms with Crippen molar-refractivity contribution in [1.82, 2.24) is 9.88 Å². The number of amides is 2. The number of halogens is 2. The molecule has 0 aliphatic carbocycles. The van der Waals surface area contributed by atoms with Crippen molar-refractivity contribution >= 4 is 40.6 Å². The van der Waals surface area contributed by atoms with E-state index in [9.17, 15) is 4.79 Å². The quantitative estimate of drug-likeness (QED) is 0.869. The summed E-state index contributed by atoms with van der Waals surface area (Å²) in [6, 6.07) is 8.63. The van der Waals surface area contributed by atoms with Crippen LogP contribution in [0.4, 0.5) is 16.2 Å². The molecule has 0 spiro atoms. The molecule has 1 fully saturated rings. The van der Waals surface area contributed by atoms with Crippen molar-refractivity contribution in [2.45, 2.75) is 0 Å². The van der Waals surface area contributed by atoms with Crippen LogP contribution in [-0.4, -0.2) is 42.1 Å². The van der Waals surface area contributed by atoms with Crippen molar-refractivity contribution in [2.75, 3.05) is 36.4 Å². The molecule has 1 aromatic carbocycles. The van der Waals surface area contributed by atoms with E-state index in [4.69, 9.17) is 28.5 Å². The normalized spacial score (nSPS) is 14.1. The Morgan fingerprint density at radius 3 is 2.24 bits per heavy atom. The van der Waals surface area contributed by atoms with E-state index in [0.717, 1.165) is 5.69 Å². The largest absolute Gasteiger partial charge is 0.365 e. The van der Waals surface area contributed by atoms with Gasteiger partial charge in [-0.05, 0) is 24.3 Å². The second-order valence-electron chi connectivity index (χ2n) is 5.55. The molecule has 2 heterocycles. The van der Waals surface area contributed by atoms with Gasteiger partial charge in [-0.2, -0.15) is 5.26 Å². The van der Waals surface area contributed by atoms with Crippen LogP contribution in [0.1, 0.15) is 5.56 Å². The van der Waals surface area contributed by atoms with Gasteiger partial charge in [0.05, 0.1) is 27.4 Å². The summed E-state index contributed by atoms with van der Waals surface area (Å²) in [5.74, 6) is 0. The van der Waals surface area contributed by atoms with Crippen LogP contribution >= 0.6 is 23.2 Å². The molecule has 128 valence electrons. The highest BCUT2D eigenvalue weighted by molar-refractivity contribution is 6.38. The number of nitriles is 1. The number of carbonyl (C=O) groups is 1. The van der Waals surface area contributed by atoms with Crippen molar-refractivity contribution in [3.8, 4) is 6.07 Å². The third-order valence-corrected chi connectivity index (χ3v) is 4.53. The van der Waals surface area contributed by atoms with Crippen molar-refractivity contribution in [3.63, 3.8) is 0 Å². The maximum Gasteiger partial charge on any atom is 0.321 e. The van der Waals surface area contributed by atoms with E-state index in [0.29, 0.717) is 47.5 Å². The number of aromatic nitrogens is 1. The zero-order chi connectivity index (χ0) is 17.8. The average Bonchev–Trinajstić information content (AvgIpc) is 2.63. The van der Waals surface area contributed by atoms with Gasteiger partial charge in [0, 0.05) is 44.3 Å². The molecule has 1 aromatic heterocycles. The van der Waals surface area contributed by atoms with Crippen molar-refractivity contribution in [2.24, 2.45) is 0 Å². The molecule has 0 bridgehead atoms. The number of nitrogens with one attached hydrogen (secondary N) is 1. The highest BCUT2D eigenvalue weighted by atomic mass is 35.5. The SMILES string of the molecule is N#Cc1ccc(NC(=O)N2CCN(c3c(Cl)cncc3Cl)CC2)cc1. The third kappa shape index (κ3) is 3.95. The van der Waals surface area contributed by atoms with Crippen LogP contribution in [0, 0.1) is 11.3 Å². The summed E-state index contributed by atoms with van der Waals surface area (Å²) in [6.07, 6.45) is 3.12. The Kier molecular flexibility index (Phi) is 5.27. The fourth-order valence-electron chi connectivity index (χ4n) is 2.67. The maximum atomic E-state index is 12.4. The zero-order valence-corrected chi connectivity index (χ0v) is 14.8. The van der Waals surface area contributed by atoms with Crippen LogP contribution in [0.5, 0.6) is 0 Å². The molecule has 6 nitrogen and oxygen atoms in total. The number of hydrogen-bond donors (Lipinski definition) is 1. The van der Waals surface area contributed by atoms with Gasteiger partial charge >= 0.3 is 6.03 Å². The topological polar surface area (TPSA) is 72.3 Å². The standard InChI is InChI=1S/C17H15Cl2N5O/c18-14-10-21-11-15(19)16(14)23-5-7-24(8-6-23)17(25)22-13-3-1-12(9-20)2-4-13/h1-4,10-11H,5-8H2,(H,22,25). The van der Waals surface area contributed by atoms with Gasteiger partial charge in [-0.15, -0.1) is 0 Å². The highest BCUT2D eigenvalue weighted by Gasteiger charge is 2.24. The van der Waals surface area contributed by atoms with Gasteiger partial charge in [-0.1, -0.05) is 23.2 Å². The monoisotopic (exact) mass is 375 g/mol. The van der Waals surface area contributed by atoms with Gasteiger partial charge in [-0.3, -0.25) is 4.98 Å². The molecule has 1 aliphatic rings. The number of urea groups is 1. The van der Waals surface area contributed by atoms with Crippen LogP contribution in [0.25, 0.3) is 0 Å². The highest BCUT2D eigenvalue weighted by Crippen LogP contribution is 2.33. The van der Waals surface area contributed by atoms with E-state index in [-0.39, 0.29) is 6.03 Å². The Bertz CT molecular complexity index is 791. The van der Waals surface area contributed by atoms with E-state index in [2.05, 4.69) is 15.2 Å². The molecule has 1 aliphatic heterocycles. The first-order chi connectivity index (χ1) is 12.1. The lowest BCUT2D eigenvalue weighted by Gasteiger charge is -2.36. The molecule has 0 saturated carbocycles. The second kappa shape index (κ2) is 7.60. The fraction of sp³-hybridized carbons (Fsp3) is 0.235. The molecule has 1 N–H and O–H groups in total. The molecule has 3 rings (SSSR count). The lowest BCUT2D eigenvalue weighted by atomic mass is 10.2. The van der Waals surface area contributed by atoms with E-state index in [1.807, 2.05) is 6.07 Å². The molecular formula is C17H15Cl2N5O. The summed E-state index contributed by atoms with van der Waals surface area (Å²) in [7, 11) is 0. The first-order valence-electron chi connectivity index (χ1n) is 7.68.